The molecule has 0 heterocycles. The molecule has 0 saturated carbocycles. The van der Waals surface area contributed by atoms with E-state index in [1.54, 1.807) is 12.1 Å². The summed E-state index contributed by atoms with van der Waals surface area (Å²) in [5, 5.41) is 2.89. The van der Waals surface area contributed by atoms with Crippen molar-refractivity contribution in [3.63, 3.8) is 0 Å². The molecule has 0 bridgehead atoms. The highest BCUT2D eigenvalue weighted by Gasteiger charge is 2.21. The molecule has 0 aliphatic rings. The Kier molecular flexibility index (Phi) is 4.62. The van der Waals surface area contributed by atoms with Crippen molar-refractivity contribution in [3.05, 3.63) is 22.2 Å². The van der Waals surface area contributed by atoms with Gasteiger partial charge in [0.25, 0.3) is 5.91 Å². The number of carbonyl (C=O) groups excluding carboxylic acids is 1. The Morgan fingerprint density at radius 1 is 1.22 bits per heavy atom. The lowest BCUT2D eigenvalue weighted by Crippen LogP contribution is -2.40. The highest BCUT2D eigenvalue weighted by molar-refractivity contribution is 9.10. The normalized spacial score (nSPS) is 11.0. The lowest BCUT2D eigenvalue weighted by molar-refractivity contribution is 0.0915. The largest absolute Gasteiger partial charge is 0.493 e. The molecule has 100 valence electrons. The van der Waals surface area contributed by atoms with Gasteiger partial charge in [-0.2, -0.15) is 0 Å². The van der Waals surface area contributed by atoms with Crippen LogP contribution in [0.25, 0.3) is 0 Å². The molecule has 0 atom stereocenters. The third-order valence-electron chi connectivity index (χ3n) is 2.18. The molecule has 0 unspecified atom stereocenters. The molecule has 0 aromatic heterocycles. The number of rotatable bonds is 3. The molecule has 1 aromatic carbocycles. The second-order valence-electron chi connectivity index (χ2n) is 4.89. The minimum atomic E-state index is -0.308. The molecule has 0 aliphatic heterocycles. The number of amides is 1. The van der Waals surface area contributed by atoms with Crippen LogP contribution < -0.4 is 14.8 Å². The number of hydrogen-bond donors (Lipinski definition) is 1. The first-order chi connectivity index (χ1) is 8.28. The number of nitrogens with one attached hydrogen (secondary N) is 1. The van der Waals surface area contributed by atoms with E-state index in [4.69, 9.17) is 9.47 Å². The van der Waals surface area contributed by atoms with Crippen LogP contribution in [0.3, 0.4) is 0 Å². The molecule has 1 amide bonds. The SMILES string of the molecule is COc1cc(Br)cc(C(=O)NC(C)(C)C)c1OC. The molecule has 0 radical (unpaired) electrons. The maximum absolute atomic E-state index is 12.2. The summed E-state index contributed by atoms with van der Waals surface area (Å²) in [4.78, 5) is 12.2. The fourth-order valence-electron chi connectivity index (χ4n) is 1.51. The van der Waals surface area contributed by atoms with E-state index in [0.29, 0.717) is 17.1 Å². The number of carbonyl (C=O) groups is 1. The van der Waals surface area contributed by atoms with Crippen molar-refractivity contribution in [1.29, 1.82) is 0 Å². The molecule has 0 aliphatic carbocycles. The summed E-state index contributed by atoms with van der Waals surface area (Å²) >= 11 is 3.35. The van der Waals surface area contributed by atoms with E-state index in [1.165, 1.54) is 14.2 Å². The van der Waals surface area contributed by atoms with Crippen LogP contribution in [0.5, 0.6) is 11.5 Å². The van der Waals surface area contributed by atoms with Gasteiger partial charge in [-0.3, -0.25) is 4.79 Å². The minimum absolute atomic E-state index is 0.195. The summed E-state index contributed by atoms with van der Waals surface area (Å²) in [6.07, 6.45) is 0. The van der Waals surface area contributed by atoms with E-state index in [1.807, 2.05) is 20.8 Å². The molecule has 0 spiro atoms. The summed E-state index contributed by atoms with van der Waals surface area (Å²) in [5.41, 5.74) is 0.135. The minimum Gasteiger partial charge on any atom is -0.493 e. The summed E-state index contributed by atoms with van der Waals surface area (Å²) in [7, 11) is 3.05. The quantitative estimate of drug-likeness (QED) is 0.932. The first kappa shape index (κ1) is 14.8. The molecular weight excluding hydrogens is 298 g/mol. The van der Waals surface area contributed by atoms with E-state index in [2.05, 4.69) is 21.2 Å². The van der Waals surface area contributed by atoms with Gasteiger partial charge in [0.15, 0.2) is 11.5 Å². The maximum Gasteiger partial charge on any atom is 0.255 e. The number of hydrogen-bond acceptors (Lipinski definition) is 3. The van der Waals surface area contributed by atoms with Crippen LogP contribution in [0.2, 0.25) is 0 Å². The molecule has 0 fully saturated rings. The van der Waals surface area contributed by atoms with Gasteiger partial charge >= 0.3 is 0 Å². The fourth-order valence-corrected chi connectivity index (χ4v) is 1.94. The average Bonchev–Trinajstić information content (AvgIpc) is 2.25. The fraction of sp³-hybridized carbons (Fsp3) is 0.462. The summed E-state index contributed by atoms with van der Waals surface area (Å²) in [6.45, 7) is 5.77. The highest BCUT2D eigenvalue weighted by atomic mass is 79.9. The van der Waals surface area contributed by atoms with E-state index < -0.39 is 0 Å². The van der Waals surface area contributed by atoms with Crippen molar-refractivity contribution in [1.82, 2.24) is 5.32 Å². The zero-order valence-electron chi connectivity index (χ0n) is 11.3. The molecule has 18 heavy (non-hydrogen) atoms. The van der Waals surface area contributed by atoms with Gasteiger partial charge in [0, 0.05) is 10.0 Å². The average molecular weight is 316 g/mol. The molecule has 1 N–H and O–H groups in total. The van der Waals surface area contributed by atoms with Crippen LogP contribution in [-0.2, 0) is 0 Å². The van der Waals surface area contributed by atoms with Gasteiger partial charge < -0.3 is 14.8 Å². The maximum atomic E-state index is 12.2. The Morgan fingerprint density at radius 3 is 2.28 bits per heavy atom. The number of benzene rings is 1. The van der Waals surface area contributed by atoms with Crippen molar-refractivity contribution >= 4 is 21.8 Å². The van der Waals surface area contributed by atoms with E-state index in [-0.39, 0.29) is 11.4 Å². The molecule has 4 nitrogen and oxygen atoms in total. The Bertz CT molecular complexity index is 452. The summed E-state index contributed by atoms with van der Waals surface area (Å²) < 4.78 is 11.2. The lowest BCUT2D eigenvalue weighted by atomic mass is 10.1. The third-order valence-corrected chi connectivity index (χ3v) is 2.63. The van der Waals surface area contributed by atoms with Crippen molar-refractivity contribution in [2.75, 3.05) is 14.2 Å². The van der Waals surface area contributed by atoms with Crippen LogP contribution in [0.4, 0.5) is 0 Å². The molecule has 5 heteroatoms. The number of ether oxygens (including phenoxy) is 2. The highest BCUT2D eigenvalue weighted by Crippen LogP contribution is 2.34. The third kappa shape index (κ3) is 3.63. The predicted molar refractivity (Wildman–Crippen MR) is 74.5 cm³/mol. The van der Waals surface area contributed by atoms with Gasteiger partial charge in [0.2, 0.25) is 0 Å². The summed E-state index contributed by atoms with van der Waals surface area (Å²) in [6, 6.07) is 3.47. The van der Waals surface area contributed by atoms with Gasteiger partial charge in [-0.1, -0.05) is 15.9 Å². The second kappa shape index (κ2) is 5.61. The zero-order chi connectivity index (χ0) is 13.9. The smallest absolute Gasteiger partial charge is 0.255 e. The number of methoxy groups -OCH3 is 2. The van der Waals surface area contributed by atoms with Crippen LogP contribution in [0.15, 0.2) is 16.6 Å². The van der Waals surface area contributed by atoms with Gasteiger partial charge in [-0.15, -0.1) is 0 Å². The lowest BCUT2D eigenvalue weighted by Gasteiger charge is -2.22. The van der Waals surface area contributed by atoms with Crippen LogP contribution in [-0.4, -0.2) is 25.7 Å². The van der Waals surface area contributed by atoms with Gasteiger partial charge in [0.05, 0.1) is 19.8 Å². The monoisotopic (exact) mass is 315 g/mol. The molecule has 1 rings (SSSR count). The summed E-state index contributed by atoms with van der Waals surface area (Å²) in [5.74, 6) is 0.757. The van der Waals surface area contributed by atoms with Crippen molar-refractivity contribution in [2.45, 2.75) is 26.3 Å². The van der Waals surface area contributed by atoms with E-state index in [0.717, 1.165) is 4.47 Å². The first-order valence-electron chi connectivity index (χ1n) is 5.52. The molecule has 1 aromatic rings. The van der Waals surface area contributed by atoms with Crippen molar-refractivity contribution in [3.8, 4) is 11.5 Å². The zero-order valence-corrected chi connectivity index (χ0v) is 12.8. The standard InChI is InChI=1S/C13H18BrNO3/c1-13(2,3)15-12(16)9-6-8(14)7-10(17-4)11(9)18-5/h6-7H,1-5H3,(H,15,16). The molecule has 0 saturated heterocycles. The Morgan fingerprint density at radius 2 is 1.83 bits per heavy atom. The van der Waals surface area contributed by atoms with Crippen LogP contribution in [0.1, 0.15) is 31.1 Å². The second-order valence-corrected chi connectivity index (χ2v) is 5.81. The van der Waals surface area contributed by atoms with Gasteiger partial charge in [-0.05, 0) is 32.9 Å². The van der Waals surface area contributed by atoms with Crippen LogP contribution >= 0.6 is 15.9 Å². The van der Waals surface area contributed by atoms with Gasteiger partial charge in [-0.25, -0.2) is 0 Å². The Balaban J connectivity index is 3.22. The Hall–Kier alpha value is -1.23. The Labute approximate surface area is 116 Å². The first-order valence-corrected chi connectivity index (χ1v) is 6.32. The topological polar surface area (TPSA) is 47.6 Å². The van der Waals surface area contributed by atoms with Crippen LogP contribution in [0, 0.1) is 0 Å². The van der Waals surface area contributed by atoms with E-state index in [9.17, 15) is 4.79 Å². The van der Waals surface area contributed by atoms with Crippen molar-refractivity contribution in [2.24, 2.45) is 0 Å². The van der Waals surface area contributed by atoms with E-state index >= 15 is 0 Å². The van der Waals surface area contributed by atoms with Gasteiger partial charge in [0.1, 0.15) is 0 Å². The number of halogens is 1. The predicted octanol–water partition coefficient (Wildman–Crippen LogP) is 2.99. The molecular formula is C13H18BrNO3. The van der Waals surface area contributed by atoms with Crippen molar-refractivity contribution < 1.29 is 14.3 Å².